The number of carbonyl (C=O) groups is 1. The third kappa shape index (κ3) is 4.72. The second-order valence-electron chi connectivity index (χ2n) is 8.11. The largest absolute Gasteiger partial charge is 0.481 e. The third-order valence-electron chi connectivity index (χ3n) is 6.24. The van der Waals surface area contributed by atoms with E-state index in [0.29, 0.717) is 12.0 Å². The van der Waals surface area contributed by atoms with Gasteiger partial charge in [0.15, 0.2) is 0 Å². The Morgan fingerprint density at radius 3 is 2.64 bits per heavy atom. The fourth-order valence-corrected chi connectivity index (χ4v) is 4.82. The SMILES string of the molecule is O=C(O)CC[C@H]1CN(Cc2ccc3ccccc3c2)CC[C@H]1N1CCOCC1. The van der Waals surface area contributed by atoms with E-state index in [0.717, 1.165) is 58.8 Å². The number of fused-ring (bicyclic) bond motifs is 1. The molecule has 0 unspecified atom stereocenters. The van der Waals surface area contributed by atoms with Crippen LogP contribution in [-0.2, 0) is 16.1 Å². The van der Waals surface area contributed by atoms with Crippen molar-refractivity contribution in [3.63, 3.8) is 0 Å². The monoisotopic (exact) mass is 382 g/mol. The lowest BCUT2D eigenvalue weighted by atomic mass is 9.86. The minimum absolute atomic E-state index is 0.259. The molecule has 2 aromatic rings. The molecule has 0 spiro atoms. The number of aliphatic carboxylic acids is 1. The Labute approximate surface area is 166 Å². The minimum Gasteiger partial charge on any atom is -0.481 e. The van der Waals surface area contributed by atoms with Gasteiger partial charge in [-0.2, -0.15) is 0 Å². The fraction of sp³-hybridized carbons (Fsp3) is 0.522. The van der Waals surface area contributed by atoms with Crippen molar-refractivity contribution in [3.05, 3.63) is 48.0 Å². The van der Waals surface area contributed by atoms with Crippen molar-refractivity contribution in [2.45, 2.75) is 31.8 Å². The topological polar surface area (TPSA) is 53.0 Å². The van der Waals surface area contributed by atoms with E-state index in [4.69, 9.17) is 4.74 Å². The number of likely N-dealkylation sites (tertiary alicyclic amines) is 1. The highest BCUT2D eigenvalue weighted by molar-refractivity contribution is 5.82. The molecule has 2 atom stereocenters. The van der Waals surface area contributed by atoms with Crippen molar-refractivity contribution in [2.24, 2.45) is 5.92 Å². The van der Waals surface area contributed by atoms with Crippen LogP contribution in [0.3, 0.4) is 0 Å². The van der Waals surface area contributed by atoms with Crippen molar-refractivity contribution in [3.8, 4) is 0 Å². The summed E-state index contributed by atoms with van der Waals surface area (Å²) in [6, 6.07) is 15.7. The molecule has 0 amide bonds. The summed E-state index contributed by atoms with van der Waals surface area (Å²) in [7, 11) is 0. The Hall–Kier alpha value is -1.95. The highest BCUT2D eigenvalue weighted by atomic mass is 16.5. The van der Waals surface area contributed by atoms with E-state index >= 15 is 0 Å². The number of ether oxygens (including phenoxy) is 1. The van der Waals surface area contributed by atoms with Crippen molar-refractivity contribution >= 4 is 16.7 Å². The van der Waals surface area contributed by atoms with Crippen molar-refractivity contribution in [1.82, 2.24) is 9.80 Å². The van der Waals surface area contributed by atoms with Gasteiger partial charge in [-0.05, 0) is 47.7 Å². The number of piperidine rings is 1. The van der Waals surface area contributed by atoms with Crippen molar-refractivity contribution < 1.29 is 14.6 Å². The molecule has 28 heavy (non-hydrogen) atoms. The standard InChI is InChI=1S/C23H30N2O3/c26-23(27)8-7-21-17-24(10-9-22(21)25-11-13-28-14-12-25)16-18-5-6-19-3-1-2-4-20(19)15-18/h1-6,15,21-22H,7-14,16-17H2,(H,26,27)/t21-,22+/m0/s1. The van der Waals surface area contributed by atoms with Crippen LogP contribution in [0.1, 0.15) is 24.8 Å². The van der Waals surface area contributed by atoms with Gasteiger partial charge in [0.1, 0.15) is 0 Å². The summed E-state index contributed by atoms with van der Waals surface area (Å²) in [5, 5.41) is 11.8. The molecule has 2 saturated heterocycles. The van der Waals surface area contributed by atoms with Crippen LogP contribution in [0, 0.1) is 5.92 Å². The number of morpholine rings is 1. The van der Waals surface area contributed by atoms with Gasteiger partial charge < -0.3 is 9.84 Å². The Morgan fingerprint density at radius 1 is 1.07 bits per heavy atom. The highest BCUT2D eigenvalue weighted by Crippen LogP contribution is 2.28. The fourth-order valence-electron chi connectivity index (χ4n) is 4.82. The first-order valence-corrected chi connectivity index (χ1v) is 10.4. The molecule has 2 aliphatic heterocycles. The van der Waals surface area contributed by atoms with Gasteiger partial charge in [-0.25, -0.2) is 0 Å². The van der Waals surface area contributed by atoms with E-state index in [2.05, 4.69) is 52.3 Å². The lowest BCUT2D eigenvalue weighted by Gasteiger charge is -2.45. The number of hydrogen-bond donors (Lipinski definition) is 1. The summed E-state index contributed by atoms with van der Waals surface area (Å²) in [5.74, 6) is -0.282. The maximum atomic E-state index is 11.2. The second-order valence-corrected chi connectivity index (χ2v) is 8.11. The smallest absolute Gasteiger partial charge is 0.303 e. The average Bonchev–Trinajstić information content (AvgIpc) is 2.73. The zero-order valence-electron chi connectivity index (χ0n) is 16.4. The number of benzene rings is 2. The first-order valence-electron chi connectivity index (χ1n) is 10.4. The van der Waals surface area contributed by atoms with Crippen molar-refractivity contribution in [2.75, 3.05) is 39.4 Å². The van der Waals surface area contributed by atoms with Gasteiger partial charge in [0, 0.05) is 38.6 Å². The summed E-state index contributed by atoms with van der Waals surface area (Å²) in [6.45, 7) is 6.51. The van der Waals surface area contributed by atoms with Gasteiger partial charge in [-0.1, -0.05) is 36.4 Å². The van der Waals surface area contributed by atoms with Gasteiger partial charge in [-0.3, -0.25) is 14.6 Å². The summed E-state index contributed by atoms with van der Waals surface area (Å²) < 4.78 is 5.51. The zero-order valence-corrected chi connectivity index (χ0v) is 16.4. The van der Waals surface area contributed by atoms with E-state index in [1.807, 2.05) is 0 Å². The maximum absolute atomic E-state index is 11.2. The Morgan fingerprint density at radius 2 is 1.86 bits per heavy atom. The minimum atomic E-state index is -0.688. The Bertz CT molecular complexity index is 803. The molecule has 4 rings (SSSR count). The second kappa shape index (κ2) is 9.03. The van der Waals surface area contributed by atoms with E-state index in [9.17, 15) is 9.90 Å². The Balaban J connectivity index is 1.43. The molecule has 0 aliphatic carbocycles. The average molecular weight is 383 g/mol. The van der Waals surface area contributed by atoms with Crippen LogP contribution in [0.25, 0.3) is 10.8 Å². The quantitative estimate of drug-likeness (QED) is 0.831. The summed E-state index contributed by atoms with van der Waals surface area (Å²) in [4.78, 5) is 16.2. The van der Waals surface area contributed by atoms with Gasteiger partial charge >= 0.3 is 5.97 Å². The van der Waals surface area contributed by atoms with Gasteiger partial charge in [-0.15, -0.1) is 0 Å². The number of nitrogens with zero attached hydrogens (tertiary/aromatic N) is 2. The maximum Gasteiger partial charge on any atom is 0.303 e. The van der Waals surface area contributed by atoms with Crippen LogP contribution in [-0.4, -0.2) is 66.3 Å². The molecule has 150 valence electrons. The van der Waals surface area contributed by atoms with Crippen LogP contribution in [0.15, 0.2) is 42.5 Å². The molecule has 0 bridgehead atoms. The summed E-state index contributed by atoms with van der Waals surface area (Å²) in [5.41, 5.74) is 1.33. The van der Waals surface area contributed by atoms with Crippen LogP contribution in [0.4, 0.5) is 0 Å². The van der Waals surface area contributed by atoms with Gasteiger partial charge in [0.25, 0.3) is 0 Å². The Kier molecular flexibility index (Phi) is 6.25. The number of rotatable bonds is 6. The van der Waals surface area contributed by atoms with Crippen LogP contribution >= 0.6 is 0 Å². The lowest BCUT2D eigenvalue weighted by Crippen LogP contribution is -2.53. The molecular formula is C23H30N2O3. The predicted octanol–water partition coefficient (Wildman–Crippen LogP) is 3.23. The molecule has 0 radical (unpaired) electrons. The van der Waals surface area contributed by atoms with E-state index in [-0.39, 0.29) is 6.42 Å². The van der Waals surface area contributed by atoms with Crippen LogP contribution < -0.4 is 0 Å². The molecular weight excluding hydrogens is 352 g/mol. The van der Waals surface area contributed by atoms with E-state index in [1.165, 1.54) is 16.3 Å². The number of hydrogen-bond acceptors (Lipinski definition) is 4. The van der Waals surface area contributed by atoms with Crippen LogP contribution in [0.2, 0.25) is 0 Å². The molecule has 1 N–H and O–H groups in total. The molecule has 2 fully saturated rings. The molecule has 5 nitrogen and oxygen atoms in total. The molecule has 2 heterocycles. The first kappa shape index (κ1) is 19.4. The summed E-state index contributed by atoms with van der Waals surface area (Å²) >= 11 is 0. The van der Waals surface area contributed by atoms with E-state index in [1.54, 1.807) is 0 Å². The molecule has 0 aromatic heterocycles. The van der Waals surface area contributed by atoms with E-state index < -0.39 is 5.97 Å². The first-order chi connectivity index (χ1) is 13.7. The zero-order chi connectivity index (χ0) is 19.3. The van der Waals surface area contributed by atoms with Crippen LogP contribution in [0.5, 0.6) is 0 Å². The molecule has 2 aliphatic rings. The molecule has 2 aromatic carbocycles. The normalized spacial score (nSPS) is 24.4. The molecule has 0 saturated carbocycles. The predicted molar refractivity (Wildman–Crippen MR) is 110 cm³/mol. The van der Waals surface area contributed by atoms with Crippen molar-refractivity contribution in [1.29, 1.82) is 0 Å². The highest BCUT2D eigenvalue weighted by Gasteiger charge is 2.34. The van der Waals surface area contributed by atoms with Gasteiger partial charge in [0.2, 0.25) is 0 Å². The lowest BCUT2D eigenvalue weighted by molar-refractivity contribution is -0.137. The summed E-state index contributed by atoms with van der Waals surface area (Å²) in [6.07, 6.45) is 2.12. The third-order valence-corrected chi connectivity index (χ3v) is 6.24. The number of carboxylic acid groups (broad SMARTS) is 1. The number of carboxylic acids is 1. The molecule has 5 heteroatoms. The van der Waals surface area contributed by atoms with Gasteiger partial charge in [0.05, 0.1) is 13.2 Å².